The van der Waals surface area contributed by atoms with Crippen LogP contribution in [0.4, 0.5) is 17.1 Å². The summed E-state index contributed by atoms with van der Waals surface area (Å²) in [5.74, 6) is 0. The van der Waals surface area contributed by atoms with Crippen LogP contribution < -0.4 is 4.90 Å². The minimum atomic E-state index is -0.483. The van der Waals surface area contributed by atoms with Gasteiger partial charge in [0.05, 0.1) is 22.1 Å². The fraction of sp³-hybridized carbons (Fsp3) is 0.0154. The van der Waals surface area contributed by atoms with Crippen LogP contribution in [0.3, 0.4) is 0 Å². The Labute approximate surface area is 393 Å². The van der Waals surface area contributed by atoms with Gasteiger partial charge in [0.25, 0.3) is 0 Å². The molecule has 1 spiro atoms. The topological polar surface area (TPSA) is 21.3 Å². The van der Waals surface area contributed by atoms with Crippen molar-refractivity contribution in [2.45, 2.75) is 5.41 Å². The zero-order chi connectivity index (χ0) is 44.5. The lowest BCUT2D eigenvalue weighted by Crippen LogP contribution is -2.26. The Balaban J connectivity index is 0.984. The molecule has 0 fully saturated rings. The van der Waals surface area contributed by atoms with E-state index in [9.17, 15) is 0 Å². The molecule has 0 aliphatic heterocycles. The molecule has 0 saturated carbocycles. The highest BCUT2D eigenvalue weighted by atomic mass is 16.3. The second kappa shape index (κ2) is 14.0. The van der Waals surface area contributed by atoms with Crippen molar-refractivity contribution in [2.75, 3.05) is 4.90 Å². The second-order valence-corrected chi connectivity index (χ2v) is 18.3. The highest BCUT2D eigenvalue weighted by molar-refractivity contribution is 6.18. The molecule has 0 unspecified atom stereocenters. The zero-order valence-corrected chi connectivity index (χ0v) is 36.9. The maximum atomic E-state index is 7.03. The van der Waals surface area contributed by atoms with E-state index in [4.69, 9.17) is 4.42 Å². The number of hydrogen-bond acceptors (Lipinski definition) is 2. The summed E-state index contributed by atoms with van der Waals surface area (Å²) in [6.45, 7) is 0. The molecule has 3 nitrogen and oxygen atoms in total. The van der Waals surface area contributed by atoms with E-state index in [1.54, 1.807) is 0 Å². The monoisotopic (exact) mass is 864 g/mol. The van der Waals surface area contributed by atoms with Gasteiger partial charge in [-0.3, -0.25) is 0 Å². The third kappa shape index (κ3) is 4.97. The molecule has 3 heteroatoms. The summed E-state index contributed by atoms with van der Waals surface area (Å²) < 4.78 is 9.42. The molecule has 2 heterocycles. The average Bonchev–Trinajstić information content (AvgIpc) is 4.13. The lowest BCUT2D eigenvalue weighted by atomic mass is 9.70. The Bertz CT molecular complexity index is 4110. The summed E-state index contributed by atoms with van der Waals surface area (Å²) >= 11 is 0. The summed E-state index contributed by atoms with van der Waals surface area (Å²) in [6, 6.07) is 89.3. The van der Waals surface area contributed by atoms with E-state index in [0.29, 0.717) is 0 Å². The van der Waals surface area contributed by atoms with Crippen LogP contribution in [0.5, 0.6) is 0 Å². The van der Waals surface area contributed by atoms with Crippen LogP contribution in [0.2, 0.25) is 0 Å². The van der Waals surface area contributed by atoms with Crippen LogP contribution >= 0.6 is 0 Å². The van der Waals surface area contributed by atoms with E-state index in [0.717, 1.165) is 61.2 Å². The van der Waals surface area contributed by atoms with E-state index in [1.165, 1.54) is 71.7 Å². The van der Waals surface area contributed by atoms with Crippen molar-refractivity contribution in [3.63, 3.8) is 0 Å². The molecule has 0 amide bonds. The number of anilines is 3. The van der Waals surface area contributed by atoms with Crippen molar-refractivity contribution < 1.29 is 4.42 Å². The van der Waals surface area contributed by atoms with Gasteiger partial charge in [-0.15, -0.1) is 0 Å². The molecule has 13 aromatic rings. The van der Waals surface area contributed by atoms with E-state index in [2.05, 4.69) is 252 Å². The normalized spacial score (nSPS) is 13.1. The predicted octanol–water partition coefficient (Wildman–Crippen LogP) is 17.3. The molecule has 11 aromatic carbocycles. The van der Waals surface area contributed by atoms with Crippen molar-refractivity contribution in [3.05, 3.63) is 265 Å². The molecular weight excluding hydrogens is 825 g/mol. The van der Waals surface area contributed by atoms with Crippen LogP contribution in [0, 0.1) is 0 Å². The van der Waals surface area contributed by atoms with Crippen LogP contribution in [0.1, 0.15) is 22.3 Å². The maximum Gasteiger partial charge on any atom is 0.143 e. The van der Waals surface area contributed by atoms with E-state index in [-0.39, 0.29) is 0 Å². The zero-order valence-electron chi connectivity index (χ0n) is 36.9. The molecule has 2 aliphatic rings. The molecule has 0 atom stereocenters. The first-order valence-electron chi connectivity index (χ1n) is 23.5. The molecule has 2 aliphatic carbocycles. The largest absolute Gasteiger partial charge is 0.455 e. The number of rotatable bonds is 5. The van der Waals surface area contributed by atoms with Crippen LogP contribution in [0.25, 0.3) is 93.6 Å². The summed E-state index contributed by atoms with van der Waals surface area (Å²) in [6.07, 6.45) is 0. The fourth-order valence-electron chi connectivity index (χ4n) is 12.2. The van der Waals surface area contributed by atoms with Gasteiger partial charge >= 0.3 is 0 Å². The van der Waals surface area contributed by atoms with Crippen molar-refractivity contribution in [1.29, 1.82) is 0 Å². The minimum absolute atomic E-state index is 0.483. The number of para-hydroxylation sites is 4. The van der Waals surface area contributed by atoms with Gasteiger partial charge in [0.2, 0.25) is 0 Å². The molecule has 2 aromatic heterocycles. The Morgan fingerprint density at radius 2 is 0.824 bits per heavy atom. The SMILES string of the molecule is c1ccc(N(c2ccc(-n3c4ccccc4c4ccccc43)cc2)c2ccc3c(c2)C2(c4ccccc4-c4ccccc42)c2ccccc2-3)c(-c2cccc3c2oc2c4ccccc4ccc32)c1. The summed E-state index contributed by atoms with van der Waals surface area (Å²) in [5.41, 5.74) is 20.6. The molecule has 0 N–H and O–H groups in total. The van der Waals surface area contributed by atoms with Gasteiger partial charge in [-0.05, 0) is 111 Å². The van der Waals surface area contributed by atoms with Gasteiger partial charge in [-0.2, -0.15) is 0 Å². The molecule has 0 bridgehead atoms. The Morgan fingerprint density at radius 3 is 1.50 bits per heavy atom. The molecular formula is C65H40N2O. The third-order valence-corrected chi connectivity index (χ3v) is 15.0. The predicted molar refractivity (Wildman–Crippen MR) is 282 cm³/mol. The number of benzene rings is 11. The third-order valence-electron chi connectivity index (χ3n) is 15.0. The molecule has 15 rings (SSSR count). The molecule has 0 saturated heterocycles. The van der Waals surface area contributed by atoms with Gasteiger partial charge < -0.3 is 13.9 Å². The standard InChI is InChI=1S/C65H40N2O/c1-2-17-45-41(16-1)32-38-55-54-25-15-24-53(64(54)68-63(45)55)52-23-8-12-29-60(52)66(42-33-35-43(36-34-42)67-61-30-13-6-21-50(61)51-22-7-14-31-62(51)67)44-37-39-49-48-20-5-11-28-58(48)65(59(49)40-44)56-26-9-3-18-46(56)47-19-4-10-27-57(47)65/h1-40H. The van der Waals surface area contributed by atoms with Gasteiger partial charge in [0.15, 0.2) is 0 Å². The van der Waals surface area contributed by atoms with Gasteiger partial charge in [-0.25, -0.2) is 0 Å². The maximum absolute atomic E-state index is 7.03. The highest BCUT2D eigenvalue weighted by Gasteiger charge is 2.51. The highest BCUT2D eigenvalue weighted by Crippen LogP contribution is 2.63. The summed E-state index contributed by atoms with van der Waals surface area (Å²) in [5, 5.41) is 7.01. The molecule has 68 heavy (non-hydrogen) atoms. The minimum Gasteiger partial charge on any atom is -0.455 e. The first-order valence-corrected chi connectivity index (χ1v) is 23.5. The first kappa shape index (κ1) is 37.3. The summed E-state index contributed by atoms with van der Waals surface area (Å²) in [4.78, 5) is 2.46. The number of hydrogen-bond donors (Lipinski definition) is 0. The lowest BCUT2D eigenvalue weighted by Gasteiger charge is -2.32. The first-order chi connectivity index (χ1) is 33.8. The van der Waals surface area contributed by atoms with Crippen molar-refractivity contribution in [3.8, 4) is 39.1 Å². The van der Waals surface area contributed by atoms with Crippen LogP contribution in [-0.4, -0.2) is 4.57 Å². The quantitative estimate of drug-likeness (QED) is 0.172. The Morgan fingerprint density at radius 1 is 0.324 bits per heavy atom. The second-order valence-electron chi connectivity index (χ2n) is 18.3. The van der Waals surface area contributed by atoms with Gasteiger partial charge in [0, 0.05) is 55.1 Å². The number of aromatic nitrogens is 1. The Kier molecular flexibility index (Phi) is 7.71. The van der Waals surface area contributed by atoms with Crippen molar-refractivity contribution in [1.82, 2.24) is 4.57 Å². The number of nitrogens with zero attached hydrogens (tertiary/aromatic N) is 2. The smallest absolute Gasteiger partial charge is 0.143 e. The summed E-state index contributed by atoms with van der Waals surface area (Å²) in [7, 11) is 0. The molecule has 0 radical (unpaired) electrons. The number of fused-ring (bicyclic) bond motifs is 18. The Hall–Kier alpha value is -8.92. The fourth-order valence-corrected chi connectivity index (χ4v) is 12.2. The van der Waals surface area contributed by atoms with Crippen molar-refractivity contribution >= 4 is 71.6 Å². The van der Waals surface area contributed by atoms with Crippen LogP contribution in [-0.2, 0) is 5.41 Å². The van der Waals surface area contributed by atoms with Gasteiger partial charge in [-0.1, -0.05) is 182 Å². The lowest BCUT2D eigenvalue weighted by molar-refractivity contribution is 0.674. The van der Waals surface area contributed by atoms with Crippen molar-refractivity contribution in [2.24, 2.45) is 0 Å². The molecule has 316 valence electrons. The van der Waals surface area contributed by atoms with E-state index in [1.807, 2.05) is 0 Å². The van der Waals surface area contributed by atoms with E-state index >= 15 is 0 Å². The van der Waals surface area contributed by atoms with Crippen LogP contribution in [0.15, 0.2) is 247 Å². The average molecular weight is 865 g/mol. The number of furan rings is 1. The van der Waals surface area contributed by atoms with Gasteiger partial charge in [0.1, 0.15) is 11.2 Å². The van der Waals surface area contributed by atoms with E-state index < -0.39 is 5.41 Å².